The number of hydrogen-bond acceptors (Lipinski definition) is 1. The minimum Gasteiger partial charge on any atom is -0.131 e. The Labute approximate surface area is 68.1 Å². The van der Waals surface area contributed by atoms with Gasteiger partial charge in [0.15, 0.2) is 0 Å². The average molecular weight is 156 g/mol. The molecule has 58 valence electrons. The van der Waals surface area contributed by atoms with Crippen LogP contribution in [0.2, 0.25) is 0 Å². The van der Waals surface area contributed by atoms with Crippen LogP contribution < -0.4 is 0 Å². The normalized spacial score (nSPS) is 34.7. The molecule has 0 radical (unpaired) electrons. The predicted molar refractivity (Wildman–Crippen MR) is 49.1 cm³/mol. The molecule has 0 saturated heterocycles. The average Bonchev–Trinajstić information content (AvgIpc) is 2.34. The van der Waals surface area contributed by atoms with Crippen LogP contribution in [0.5, 0.6) is 0 Å². The van der Waals surface area contributed by atoms with Crippen molar-refractivity contribution < 1.29 is 0 Å². The van der Waals surface area contributed by atoms with Crippen molar-refractivity contribution >= 4 is 11.8 Å². The highest BCUT2D eigenvalue weighted by molar-refractivity contribution is 8.02. The van der Waals surface area contributed by atoms with E-state index in [9.17, 15) is 0 Å². The molecule has 1 aliphatic rings. The van der Waals surface area contributed by atoms with Gasteiger partial charge in [-0.15, -0.1) is 11.8 Å². The van der Waals surface area contributed by atoms with Gasteiger partial charge in [0.2, 0.25) is 0 Å². The van der Waals surface area contributed by atoms with Crippen LogP contribution in [-0.4, -0.2) is 5.25 Å². The van der Waals surface area contributed by atoms with Crippen LogP contribution in [0.1, 0.15) is 27.2 Å². The van der Waals surface area contributed by atoms with E-state index >= 15 is 0 Å². The van der Waals surface area contributed by atoms with E-state index in [1.165, 1.54) is 6.42 Å². The Morgan fingerprint density at radius 1 is 1.60 bits per heavy atom. The molecule has 1 heteroatoms. The molecule has 0 saturated carbocycles. The summed E-state index contributed by atoms with van der Waals surface area (Å²) in [6.07, 6.45) is 3.67. The number of allylic oxidation sites excluding steroid dienone is 1. The fourth-order valence-electron chi connectivity index (χ4n) is 1.43. The number of hydrogen-bond donors (Lipinski definition) is 0. The van der Waals surface area contributed by atoms with Gasteiger partial charge in [-0.1, -0.05) is 33.3 Å². The third-order valence-corrected chi connectivity index (χ3v) is 3.49. The lowest BCUT2D eigenvalue weighted by molar-refractivity contribution is 0.419. The van der Waals surface area contributed by atoms with Crippen LogP contribution in [0.3, 0.4) is 0 Å². The molecule has 0 N–H and O–H groups in total. The van der Waals surface area contributed by atoms with Crippen LogP contribution in [0.25, 0.3) is 0 Å². The van der Waals surface area contributed by atoms with E-state index in [-0.39, 0.29) is 0 Å². The molecule has 1 heterocycles. The predicted octanol–water partition coefficient (Wildman–Crippen LogP) is 3.30. The molecule has 3 unspecified atom stereocenters. The van der Waals surface area contributed by atoms with Crippen LogP contribution in [-0.2, 0) is 0 Å². The lowest BCUT2D eigenvalue weighted by Gasteiger charge is -2.19. The SMILES string of the molecule is CCC(C)C1C=CSC1C. The maximum absolute atomic E-state index is 2.36. The molecule has 3 atom stereocenters. The summed E-state index contributed by atoms with van der Waals surface area (Å²) in [5, 5.41) is 3.07. The van der Waals surface area contributed by atoms with Crippen LogP contribution >= 0.6 is 11.8 Å². The van der Waals surface area contributed by atoms with E-state index in [2.05, 4.69) is 32.3 Å². The topological polar surface area (TPSA) is 0 Å². The zero-order chi connectivity index (χ0) is 7.56. The Bertz CT molecular complexity index is 129. The van der Waals surface area contributed by atoms with Gasteiger partial charge >= 0.3 is 0 Å². The van der Waals surface area contributed by atoms with Gasteiger partial charge in [0.25, 0.3) is 0 Å². The first-order chi connectivity index (χ1) is 4.75. The Hall–Kier alpha value is 0.0900. The summed E-state index contributed by atoms with van der Waals surface area (Å²) in [5.41, 5.74) is 0. The fraction of sp³-hybridized carbons (Fsp3) is 0.778. The summed E-state index contributed by atoms with van der Waals surface area (Å²) in [6, 6.07) is 0. The smallest absolute Gasteiger partial charge is 0.0126 e. The molecule has 0 spiro atoms. The maximum Gasteiger partial charge on any atom is 0.0126 e. The molecule has 10 heavy (non-hydrogen) atoms. The second kappa shape index (κ2) is 3.47. The minimum absolute atomic E-state index is 0.815. The van der Waals surface area contributed by atoms with Gasteiger partial charge in [0, 0.05) is 5.25 Å². The number of thioether (sulfide) groups is 1. The van der Waals surface area contributed by atoms with E-state index in [0.717, 1.165) is 17.1 Å². The van der Waals surface area contributed by atoms with Crippen molar-refractivity contribution in [3.8, 4) is 0 Å². The van der Waals surface area contributed by atoms with Gasteiger partial charge in [-0.25, -0.2) is 0 Å². The zero-order valence-electron chi connectivity index (χ0n) is 7.00. The van der Waals surface area contributed by atoms with Crippen LogP contribution in [0.15, 0.2) is 11.5 Å². The molecular formula is C9H16S. The molecule has 1 aliphatic heterocycles. The van der Waals surface area contributed by atoms with E-state index in [1.54, 1.807) is 0 Å². The molecular weight excluding hydrogens is 140 g/mol. The zero-order valence-corrected chi connectivity index (χ0v) is 7.82. The largest absolute Gasteiger partial charge is 0.131 e. The molecule has 0 aliphatic carbocycles. The Morgan fingerprint density at radius 3 is 2.70 bits per heavy atom. The van der Waals surface area contributed by atoms with E-state index < -0.39 is 0 Å². The molecule has 0 amide bonds. The molecule has 0 aromatic rings. The summed E-state index contributed by atoms with van der Waals surface area (Å²) < 4.78 is 0. The highest BCUT2D eigenvalue weighted by Gasteiger charge is 2.23. The summed E-state index contributed by atoms with van der Waals surface area (Å²) in [5.74, 6) is 1.69. The highest BCUT2D eigenvalue weighted by atomic mass is 32.2. The molecule has 0 fully saturated rings. The molecule has 0 aromatic heterocycles. The van der Waals surface area contributed by atoms with Crippen molar-refractivity contribution in [1.29, 1.82) is 0 Å². The monoisotopic (exact) mass is 156 g/mol. The molecule has 0 aromatic carbocycles. The fourth-order valence-corrected chi connectivity index (χ4v) is 2.49. The molecule has 1 rings (SSSR count). The lowest BCUT2D eigenvalue weighted by Crippen LogP contribution is -2.15. The summed E-state index contributed by atoms with van der Waals surface area (Å²) in [4.78, 5) is 0. The van der Waals surface area contributed by atoms with Gasteiger partial charge in [-0.05, 0) is 17.2 Å². The first kappa shape index (κ1) is 8.19. The van der Waals surface area contributed by atoms with Crippen LogP contribution in [0, 0.1) is 11.8 Å². The lowest BCUT2D eigenvalue weighted by atomic mass is 9.90. The Morgan fingerprint density at radius 2 is 2.30 bits per heavy atom. The second-order valence-electron chi connectivity index (χ2n) is 3.13. The molecule has 0 nitrogen and oxygen atoms in total. The second-order valence-corrected chi connectivity index (χ2v) is 4.42. The third kappa shape index (κ3) is 1.57. The van der Waals surface area contributed by atoms with Crippen molar-refractivity contribution in [3.05, 3.63) is 11.5 Å². The van der Waals surface area contributed by atoms with Gasteiger partial charge < -0.3 is 0 Å². The summed E-state index contributed by atoms with van der Waals surface area (Å²) in [6.45, 7) is 6.94. The van der Waals surface area contributed by atoms with Crippen molar-refractivity contribution in [2.45, 2.75) is 32.4 Å². The van der Waals surface area contributed by atoms with E-state index in [0.29, 0.717) is 0 Å². The van der Waals surface area contributed by atoms with Gasteiger partial charge in [0.05, 0.1) is 0 Å². The first-order valence-corrected chi connectivity index (χ1v) is 5.02. The Balaban J connectivity index is 2.46. The van der Waals surface area contributed by atoms with Gasteiger partial charge in [-0.3, -0.25) is 0 Å². The van der Waals surface area contributed by atoms with E-state index in [1.807, 2.05) is 11.8 Å². The van der Waals surface area contributed by atoms with Gasteiger partial charge in [-0.2, -0.15) is 0 Å². The van der Waals surface area contributed by atoms with Gasteiger partial charge in [0.1, 0.15) is 0 Å². The molecule has 0 bridgehead atoms. The van der Waals surface area contributed by atoms with Crippen molar-refractivity contribution in [3.63, 3.8) is 0 Å². The Kier molecular flexibility index (Phi) is 2.84. The maximum atomic E-state index is 2.36. The highest BCUT2D eigenvalue weighted by Crippen LogP contribution is 2.35. The summed E-state index contributed by atoms with van der Waals surface area (Å²) >= 11 is 1.97. The summed E-state index contributed by atoms with van der Waals surface area (Å²) in [7, 11) is 0. The first-order valence-electron chi connectivity index (χ1n) is 4.07. The van der Waals surface area contributed by atoms with Crippen LogP contribution in [0.4, 0.5) is 0 Å². The number of rotatable bonds is 2. The van der Waals surface area contributed by atoms with E-state index in [4.69, 9.17) is 0 Å². The van der Waals surface area contributed by atoms with Crippen molar-refractivity contribution in [2.24, 2.45) is 11.8 Å². The minimum atomic E-state index is 0.815. The quantitative estimate of drug-likeness (QED) is 0.591. The van der Waals surface area contributed by atoms with Crippen molar-refractivity contribution in [2.75, 3.05) is 0 Å². The van der Waals surface area contributed by atoms with Crippen molar-refractivity contribution in [1.82, 2.24) is 0 Å². The standard InChI is InChI=1S/C9H16S/c1-4-7(2)9-5-6-10-8(9)3/h5-9H,4H2,1-3H3. The third-order valence-electron chi connectivity index (χ3n) is 2.44.